The summed E-state index contributed by atoms with van der Waals surface area (Å²) in [7, 11) is -2.05. The van der Waals surface area contributed by atoms with Crippen LogP contribution in [0, 0.1) is 6.67 Å². The van der Waals surface area contributed by atoms with Crippen LogP contribution < -0.4 is 4.90 Å². The maximum absolute atomic E-state index is 9.43. The molecule has 0 amide bonds. The summed E-state index contributed by atoms with van der Waals surface area (Å²) in [5.74, 6) is 0. The highest BCUT2D eigenvalue weighted by Gasteiger charge is 2.29. The van der Waals surface area contributed by atoms with Crippen LogP contribution in [0.5, 0.6) is 0 Å². The second-order valence-electron chi connectivity index (χ2n) is 4.70. The summed E-state index contributed by atoms with van der Waals surface area (Å²) in [6.07, 6.45) is 5.51. The van der Waals surface area contributed by atoms with Gasteiger partial charge in [-0.2, -0.15) is 0 Å². The van der Waals surface area contributed by atoms with Crippen LogP contribution in [0.25, 0.3) is 0 Å². The van der Waals surface area contributed by atoms with Crippen molar-refractivity contribution < 1.29 is 14.0 Å². The molecule has 0 spiro atoms. The third kappa shape index (κ3) is 4.34. The third-order valence-corrected chi connectivity index (χ3v) is 4.80. The molecule has 0 fully saturated rings. The second kappa shape index (κ2) is 6.89. The first-order valence-electron chi connectivity index (χ1n) is 6.66. The normalized spacial score (nSPS) is 15.2. The Hall–Kier alpha value is -1.34. The van der Waals surface area contributed by atoms with E-state index in [0.29, 0.717) is 6.04 Å². The smallest absolute Gasteiger partial charge is 0.390 e. The molecular weight excluding hydrogens is 272 g/mol. The molecule has 2 N–H and O–H groups in total. The molecule has 0 aliphatic carbocycles. The standard InChI is InChI=1S/C14H20N2O3Si/c1-19-20(17,18)12-6-5-9-15-10-11-16(13-15)14-7-3-2-4-8-14/h2-4,7-8,10-11,17-18H,5-6,9,12H2,1H3. The predicted molar refractivity (Wildman–Crippen MR) is 79.3 cm³/mol. The van der Waals surface area contributed by atoms with Gasteiger partial charge in [0.2, 0.25) is 6.67 Å². The van der Waals surface area contributed by atoms with Crippen molar-refractivity contribution in [1.82, 2.24) is 4.90 Å². The minimum Gasteiger partial charge on any atom is -0.390 e. The topological polar surface area (TPSA) is 56.2 Å². The van der Waals surface area contributed by atoms with Crippen LogP contribution in [0.15, 0.2) is 42.7 Å². The Kier molecular flexibility index (Phi) is 5.19. The Morgan fingerprint density at radius 3 is 2.60 bits per heavy atom. The van der Waals surface area contributed by atoms with Crippen LogP contribution in [0.4, 0.5) is 5.69 Å². The van der Waals surface area contributed by atoms with Gasteiger partial charge in [0.25, 0.3) is 0 Å². The van der Waals surface area contributed by atoms with E-state index in [2.05, 4.69) is 11.1 Å². The first kappa shape index (κ1) is 15.1. The molecule has 1 aromatic rings. The van der Waals surface area contributed by atoms with E-state index in [1.165, 1.54) is 7.11 Å². The molecule has 108 valence electrons. The fourth-order valence-electron chi connectivity index (χ4n) is 1.95. The average Bonchev–Trinajstić information content (AvgIpc) is 2.93. The van der Waals surface area contributed by atoms with Gasteiger partial charge in [-0.3, -0.25) is 0 Å². The van der Waals surface area contributed by atoms with Gasteiger partial charge in [-0.05, 0) is 25.0 Å². The van der Waals surface area contributed by atoms with Crippen molar-refractivity contribution in [2.45, 2.75) is 18.9 Å². The van der Waals surface area contributed by atoms with Crippen molar-refractivity contribution in [3.63, 3.8) is 0 Å². The van der Waals surface area contributed by atoms with Gasteiger partial charge in [0.15, 0.2) is 0 Å². The van der Waals surface area contributed by atoms with Crippen molar-refractivity contribution in [2.75, 3.05) is 18.6 Å². The molecule has 0 aromatic heterocycles. The molecule has 2 rings (SSSR count). The van der Waals surface area contributed by atoms with Crippen molar-refractivity contribution in [2.24, 2.45) is 0 Å². The average molecular weight is 292 g/mol. The molecule has 0 saturated carbocycles. The van der Waals surface area contributed by atoms with Gasteiger partial charge in [0.05, 0.1) is 0 Å². The maximum Gasteiger partial charge on any atom is 0.495 e. The number of para-hydroxylation sites is 1. The molecule has 0 bridgehead atoms. The van der Waals surface area contributed by atoms with Crippen LogP contribution in [-0.4, -0.2) is 37.0 Å². The number of rotatable bonds is 7. The lowest BCUT2D eigenvalue weighted by atomic mass is 10.3. The Labute approximate surface area is 121 Å². The van der Waals surface area contributed by atoms with E-state index in [4.69, 9.17) is 0 Å². The predicted octanol–water partition coefficient (Wildman–Crippen LogP) is 1.63. The molecule has 0 unspecified atom stereocenters. The molecule has 2 radical (unpaired) electrons. The monoisotopic (exact) mass is 292 g/mol. The van der Waals surface area contributed by atoms with Crippen molar-refractivity contribution in [3.05, 3.63) is 49.4 Å². The lowest BCUT2D eigenvalue weighted by molar-refractivity contribution is 0.183. The molecule has 20 heavy (non-hydrogen) atoms. The zero-order valence-electron chi connectivity index (χ0n) is 11.6. The van der Waals surface area contributed by atoms with Crippen molar-refractivity contribution >= 4 is 14.5 Å². The summed E-state index contributed by atoms with van der Waals surface area (Å²) in [4.78, 5) is 22.8. The van der Waals surface area contributed by atoms with Gasteiger partial charge < -0.3 is 23.8 Å². The van der Waals surface area contributed by atoms with Gasteiger partial charge in [-0.15, -0.1) is 0 Å². The molecule has 1 aliphatic heterocycles. The summed E-state index contributed by atoms with van der Waals surface area (Å²) < 4.78 is 4.68. The maximum atomic E-state index is 9.43. The van der Waals surface area contributed by atoms with Gasteiger partial charge in [-0.25, -0.2) is 0 Å². The molecule has 1 aromatic carbocycles. The highest BCUT2D eigenvalue weighted by Crippen LogP contribution is 2.21. The molecule has 6 heteroatoms. The molecule has 1 aliphatic rings. The van der Waals surface area contributed by atoms with Crippen molar-refractivity contribution in [3.8, 4) is 0 Å². The van der Waals surface area contributed by atoms with Gasteiger partial charge in [0, 0.05) is 37.8 Å². The molecule has 0 atom stereocenters. The first-order chi connectivity index (χ1) is 9.61. The SMILES string of the molecule is CO[Si](O)(O)CCCCN1[C]N(c2ccccc2)C=C1. The lowest BCUT2D eigenvalue weighted by Gasteiger charge is -2.19. The molecule has 5 nitrogen and oxygen atoms in total. The van der Waals surface area contributed by atoms with E-state index < -0.39 is 8.80 Å². The largest absolute Gasteiger partial charge is 0.495 e. The Morgan fingerprint density at radius 2 is 1.90 bits per heavy atom. The van der Waals surface area contributed by atoms with Gasteiger partial charge >= 0.3 is 8.80 Å². The van der Waals surface area contributed by atoms with Crippen LogP contribution in [0.2, 0.25) is 6.04 Å². The fourth-order valence-corrected chi connectivity index (χ4v) is 2.86. The summed E-state index contributed by atoms with van der Waals surface area (Å²) in [5.41, 5.74) is 1.07. The summed E-state index contributed by atoms with van der Waals surface area (Å²) in [6.45, 7) is 4.03. The van der Waals surface area contributed by atoms with E-state index in [1.807, 2.05) is 52.5 Å². The Morgan fingerprint density at radius 1 is 1.15 bits per heavy atom. The minimum absolute atomic E-state index is 0.337. The van der Waals surface area contributed by atoms with E-state index in [-0.39, 0.29) is 0 Å². The second-order valence-corrected chi connectivity index (χ2v) is 7.10. The first-order valence-corrected chi connectivity index (χ1v) is 8.67. The van der Waals surface area contributed by atoms with E-state index in [0.717, 1.165) is 25.1 Å². The zero-order valence-corrected chi connectivity index (χ0v) is 12.6. The molecular formula is C14H20N2O3Si. The van der Waals surface area contributed by atoms with Gasteiger partial charge in [-0.1, -0.05) is 18.2 Å². The van der Waals surface area contributed by atoms with E-state index in [9.17, 15) is 9.59 Å². The quantitative estimate of drug-likeness (QED) is 0.591. The fraction of sp³-hybridized carbons (Fsp3) is 0.357. The molecule has 1 heterocycles. The van der Waals surface area contributed by atoms with Crippen LogP contribution in [0.3, 0.4) is 0 Å². The van der Waals surface area contributed by atoms with Crippen molar-refractivity contribution in [1.29, 1.82) is 0 Å². The number of unbranched alkanes of at least 4 members (excludes halogenated alkanes) is 1. The van der Waals surface area contributed by atoms with E-state index >= 15 is 0 Å². The van der Waals surface area contributed by atoms with Crippen LogP contribution in [-0.2, 0) is 4.43 Å². The van der Waals surface area contributed by atoms with Crippen LogP contribution >= 0.6 is 0 Å². The zero-order chi connectivity index (χ0) is 14.4. The summed E-state index contributed by atoms with van der Waals surface area (Å²) in [5, 5.41) is 0. The minimum atomic E-state index is -3.39. The highest BCUT2D eigenvalue weighted by molar-refractivity contribution is 6.57. The number of hydrogen-bond donors (Lipinski definition) is 2. The number of hydrogen-bond acceptors (Lipinski definition) is 5. The summed E-state index contributed by atoms with van der Waals surface area (Å²) in [6, 6.07) is 10.4. The Bertz CT molecular complexity index is 439. The highest BCUT2D eigenvalue weighted by atomic mass is 28.4. The third-order valence-electron chi connectivity index (χ3n) is 3.14. The Balaban J connectivity index is 1.69. The number of nitrogens with zero attached hydrogens (tertiary/aromatic N) is 2. The van der Waals surface area contributed by atoms with Gasteiger partial charge in [0.1, 0.15) is 0 Å². The number of anilines is 1. The molecule has 0 saturated heterocycles. The lowest BCUT2D eigenvalue weighted by Crippen LogP contribution is -2.37. The van der Waals surface area contributed by atoms with E-state index in [1.54, 1.807) is 0 Å². The number of benzene rings is 1. The van der Waals surface area contributed by atoms with Crippen LogP contribution in [0.1, 0.15) is 12.8 Å². The summed E-state index contributed by atoms with van der Waals surface area (Å²) >= 11 is 0.